The van der Waals surface area contributed by atoms with E-state index in [9.17, 15) is 0 Å². The van der Waals surface area contributed by atoms with Gasteiger partial charge in [0.2, 0.25) is 0 Å². The van der Waals surface area contributed by atoms with E-state index in [4.69, 9.17) is 0 Å². The maximum absolute atomic E-state index is 2.34. The van der Waals surface area contributed by atoms with Crippen molar-refractivity contribution in [1.29, 1.82) is 0 Å². The van der Waals surface area contributed by atoms with Crippen LogP contribution in [0.5, 0.6) is 0 Å². The molecule has 0 fully saturated rings. The molecular weight excluding hydrogens is 276 g/mol. The summed E-state index contributed by atoms with van der Waals surface area (Å²) in [4.78, 5) is 0. The third-order valence-electron chi connectivity index (χ3n) is 5.35. The SMILES string of the molecule is CC1=CC=CC2=C(C=C1)C1c3ccccc3C2c2ccccc21. The Hall–Kier alpha value is -2.60. The molecular formula is C23H18. The monoisotopic (exact) mass is 294 g/mol. The molecule has 0 aliphatic heterocycles. The summed E-state index contributed by atoms with van der Waals surface area (Å²) in [5, 5.41) is 0. The minimum Gasteiger partial charge on any atom is -0.0619 e. The molecule has 0 unspecified atom stereocenters. The van der Waals surface area contributed by atoms with Crippen molar-refractivity contribution in [1.82, 2.24) is 0 Å². The Labute approximate surface area is 137 Å². The molecule has 0 N–H and O–H groups in total. The highest BCUT2D eigenvalue weighted by Crippen LogP contribution is 2.56. The van der Waals surface area contributed by atoms with E-state index in [1.807, 2.05) is 0 Å². The van der Waals surface area contributed by atoms with Crippen molar-refractivity contribution in [2.75, 3.05) is 0 Å². The Morgan fingerprint density at radius 1 is 0.609 bits per heavy atom. The highest BCUT2D eigenvalue weighted by atomic mass is 14.4. The van der Waals surface area contributed by atoms with Gasteiger partial charge >= 0.3 is 0 Å². The predicted molar refractivity (Wildman–Crippen MR) is 95.6 cm³/mol. The highest BCUT2D eigenvalue weighted by molar-refractivity contribution is 5.69. The van der Waals surface area contributed by atoms with Gasteiger partial charge in [0.25, 0.3) is 0 Å². The number of benzene rings is 2. The number of hydrogen-bond acceptors (Lipinski definition) is 0. The quantitative estimate of drug-likeness (QED) is 0.589. The van der Waals surface area contributed by atoms with Gasteiger partial charge in [0.1, 0.15) is 0 Å². The summed E-state index contributed by atoms with van der Waals surface area (Å²) in [6.45, 7) is 2.16. The first-order valence-corrected chi connectivity index (χ1v) is 8.29. The van der Waals surface area contributed by atoms with Crippen LogP contribution < -0.4 is 0 Å². The fourth-order valence-corrected chi connectivity index (χ4v) is 4.38. The maximum atomic E-state index is 2.34. The van der Waals surface area contributed by atoms with Crippen molar-refractivity contribution in [2.24, 2.45) is 0 Å². The van der Waals surface area contributed by atoms with Gasteiger partial charge in [0, 0.05) is 11.8 Å². The van der Waals surface area contributed by atoms with Gasteiger partial charge in [-0.3, -0.25) is 0 Å². The normalized spacial score (nSPS) is 23.6. The third-order valence-corrected chi connectivity index (χ3v) is 5.35. The lowest BCUT2D eigenvalue weighted by Gasteiger charge is -2.42. The van der Waals surface area contributed by atoms with E-state index < -0.39 is 0 Å². The van der Waals surface area contributed by atoms with Gasteiger partial charge in [-0.2, -0.15) is 0 Å². The second-order valence-electron chi connectivity index (χ2n) is 6.64. The molecule has 0 aromatic heterocycles. The molecule has 2 aromatic rings. The summed E-state index contributed by atoms with van der Waals surface area (Å²) in [5.74, 6) is 0.740. The van der Waals surface area contributed by atoms with Crippen molar-refractivity contribution >= 4 is 0 Å². The van der Waals surface area contributed by atoms with Gasteiger partial charge in [-0.05, 0) is 40.3 Å². The third kappa shape index (κ3) is 1.72. The van der Waals surface area contributed by atoms with E-state index in [2.05, 4.69) is 85.8 Å². The molecule has 0 nitrogen and oxygen atoms in total. The fraction of sp³-hybridized carbons (Fsp3) is 0.130. The van der Waals surface area contributed by atoms with E-state index in [0.717, 1.165) is 0 Å². The van der Waals surface area contributed by atoms with Crippen LogP contribution >= 0.6 is 0 Å². The Balaban J connectivity index is 1.84. The van der Waals surface area contributed by atoms with Crippen LogP contribution in [0.4, 0.5) is 0 Å². The van der Waals surface area contributed by atoms with Crippen molar-refractivity contribution in [3.05, 3.63) is 118 Å². The summed E-state index contributed by atoms with van der Waals surface area (Å²) >= 11 is 0. The average Bonchev–Trinajstić information content (AvgIpc) is 2.58. The van der Waals surface area contributed by atoms with E-state index in [-0.39, 0.29) is 0 Å². The lowest BCUT2D eigenvalue weighted by atomic mass is 9.61. The molecule has 23 heavy (non-hydrogen) atoms. The summed E-state index contributed by atoms with van der Waals surface area (Å²) in [7, 11) is 0. The second kappa shape index (κ2) is 4.70. The Morgan fingerprint density at radius 3 is 1.61 bits per heavy atom. The van der Waals surface area contributed by atoms with Crippen molar-refractivity contribution < 1.29 is 0 Å². The standard InChI is InChI=1S/C23H18/c1-15-7-6-12-20-21(14-13-15)23-18-10-4-2-8-16(18)22(20)17-9-3-5-11-19(17)23/h2-14,22-23H,1H3. The van der Waals surface area contributed by atoms with E-state index in [1.54, 1.807) is 0 Å². The molecule has 0 radical (unpaired) electrons. The Bertz CT molecular complexity index is 887. The summed E-state index contributed by atoms with van der Waals surface area (Å²) in [5.41, 5.74) is 10.2. The van der Waals surface area contributed by atoms with Crippen LogP contribution in [-0.2, 0) is 0 Å². The fourth-order valence-electron chi connectivity index (χ4n) is 4.38. The van der Waals surface area contributed by atoms with Gasteiger partial charge < -0.3 is 0 Å². The van der Waals surface area contributed by atoms with Crippen molar-refractivity contribution in [3.8, 4) is 0 Å². The zero-order chi connectivity index (χ0) is 15.4. The zero-order valence-electron chi connectivity index (χ0n) is 13.2. The van der Waals surface area contributed by atoms with Crippen LogP contribution in [0, 0.1) is 0 Å². The summed E-state index contributed by atoms with van der Waals surface area (Å²) in [6, 6.07) is 17.9. The van der Waals surface area contributed by atoms with E-state index in [0.29, 0.717) is 11.8 Å². The van der Waals surface area contributed by atoms with Crippen LogP contribution in [0.15, 0.2) is 95.6 Å². The topological polar surface area (TPSA) is 0 Å². The first-order valence-electron chi connectivity index (χ1n) is 8.29. The van der Waals surface area contributed by atoms with Crippen LogP contribution in [0.25, 0.3) is 0 Å². The van der Waals surface area contributed by atoms with E-state index in [1.165, 1.54) is 39.0 Å². The highest BCUT2D eigenvalue weighted by Gasteiger charge is 2.40. The predicted octanol–water partition coefficient (Wildman–Crippen LogP) is 5.65. The molecule has 4 aliphatic rings. The molecule has 6 rings (SSSR count). The zero-order valence-corrected chi connectivity index (χ0v) is 13.2. The maximum Gasteiger partial charge on any atom is 0.0349 e. The largest absolute Gasteiger partial charge is 0.0619 e. The molecule has 0 spiro atoms. The molecule has 0 saturated carbocycles. The molecule has 0 atom stereocenters. The van der Waals surface area contributed by atoms with E-state index >= 15 is 0 Å². The van der Waals surface area contributed by atoms with Gasteiger partial charge in [0.05, 0.1) is 0 Å². The molecule has 110 valence electrons. The van der Waals surface area contributed by atoms with Crippen molar-refractivity contribution in [3.63, 3.8) is 0 Å². The molecule has 4 aliphatic carbocycles. The first kappa shape index (κ1) is 12.9. The molecule has 0 saturated heterocycles. The van der Waals surface area contributed by atoms with Gasteiger partial charge in [0.15, 0.2) is 0 Å². The van der Waals surface area contributed by atoms with Gasteiger partial charge in [-0.25, -0.2) is 0 Å². The smallest absolute Gasteiger partial charge is 0.0349 e. The molecule has 0 heteroatoms. The minimum absolute atomic E-state index is 0.370. The number of hydrogen-bond donors (Lipinski definition) is 0. The Morgan fingerprint density at radius 2 is 1.09 bits per heavy atom. The van der Waals surface area contributed by atoms with Crippen LogP contribution in [0.3, 0.4) is 0 Å². The molecule has 0 heterocycles. The molecule has 2 aromatic carbocycles. The first-order chi connectivity index (χ1) is 11.3. The minimum atomic E-state index is 0.370. The Kier molecular flexibility index (Phi) is 2.63. The summed E-state index contributed by atoms with van der Waals surface area (Å²) in [6.07, 6.45) is 11.3. The average molecular weight is 294 g/mol. The second-order valence-corrected chi connectivity index (χ2v) is 6.64. The molecule has 2 bridgehead atoms. The lowest BCUT2D eigenvalue weighted by molar-refractivity contribution is 0.757. The molecule has 0 amide bonds. The lowest BCUT2D eigenvalue weighted by Crippen LogP contribution is -2.27. The number of allylic oxidation sites excluding steroid dienone is 8. The van der Waals surface area contributed by atoms with Crippen LogP contribution in [0.2, 0.25) is 0 Å². The van der Waals surface area contributed by atoms with Crippen molar-refractivity contribution in [2.45, 2.75) is 18.8 Å². The van der Waals surface area contributed by atoms with Gasteiger partial charge in [-0.15, -0.1) is 0 Å². The van der Waals surface area contributed by atoms with Crippen LogP contribution in [0.1, 0.15) is 41.0 Å². The van der Waals surface area contributed by atoms with Crippen LogP contribution in [-0.4, -0.2) is 0 Å². The number of rotatable bonds is 0. The van der Waals surface area contributed by atoms with Gasteiger partial charge in [-0.1, -0.05) is 84.5 Å². The summed E-state index contributed by atoms with van der Waals surface area (Å²) < 4.78 is 0.